The van der Waals surface area contributed by atoms with Crippen LogP contribution in [0, 0.1) is 15.9 Å². The first kappa shape index (κ1) is 16.5. The third-order valence-corrected chi connectivity index (χ3v) is 4.58. The van der Waals surface area contributed by atoms with Crippen molar-refractivity contribution < 1.29 is 19.1 Å². The molecular weight excluding hydrogens is 309 g/mol. The number of nitro benzene ring substituents is 1. The number of halogens is 1. The van der Waals surface area contributed by atoms with Gasteiger partial charge in [0, 0.05) is 23.3 Å². The summed E-state index contributed by atoms with van der Waals surface area (Å²) < 4.78 is 13.3. The summed E-state index contributed by atoms with van der Waals surface area (Å²) in [7, 11) is 0. The molecule has 1 aliphatic rings. The SMILES string of the molecule is O=[N+]([O-])c1cccc(C[NH+]2CC[NH+](Cc3cccc(F)c3)CC2)c1. The molecule has 1 heterocycles. The number of nitro groups is 1. The lowest BCUT2D eigenvalue weighted by atomic mass is 10.1. The molecule has 2 N–H and O–H groups in total. The van der Waals surface area contributed by atoms with Crippen LogP contribution >= 0.6 is 0 Å². The Kier molecular flexibility index (Phi) is 5.17. The summed E-state index contributed by atoms with van der Waals surface area (Å²) in [5.41, 5.74) is 2.20. The molecule has 0 spiro atoms. The molecule has 0 atom stereocenters. The number of hydrogen-bond acceptors (Lipinski definition) is 2. The third kappa shape index (κ3) is 4.37. The van der Waals surface area contributed by atoms with Crippen LogP contribution in [0.1, 0.15) is 11.1 Å². The van der Waals surface area contributed by atoms with Crippen molar-refractivity contribution in [2.45, 2.75) is 13.1 Å². The van der Waals surface area contributed by atoms with Gasteiger partial charge in [-0.15, -0.1) is 0 Å². The van der Waals surface area contributed by atoms with E-state index >= 15 is 0 Å². The van der Waals surface area contributed by atoms with Crippen LogP contribution in [-0.2, 0) is 13.1 Å². The number of nitrogens with zero attached hydrogens (tertiary/aromatic N) is 1. The molecule has 0 unspecified atom stereocenters. The van der Waals surface area contributed by atoms with E-state index in [4.69, 9.17) is 0 Å². The topological polar surface area (TPSA) is 52.0 Å². The summed E-state index contributed by atoms with van der Waals surface area (Å²) in [6.45, 7) is 5.76. The Hall–Kier alpha value is -2.31. The van der Waals surface area contributed by atoms with E-state index in [-0.39, 0.29) is 16.4 Å². The highest BCUT2D eigenvalue weighted by atomic mass is 19.1. The minimum Gasteiger partial charge on any atom is -0.322 e. The second kappa shape index (κ2) is 7.51. The molecule has 1 fully saturated rings. The van der Waals surface area contributed by atoms with Gasteiger partial charge in [-0.1, -0.05) is 24.3 Å². The number of quaternary nitrogens is 2. The van der Waals surface area contributed by atoms with Crippen LogP contribution in [0.3, 0.4) is 0 Å². The maximum atomic E-state index is 13.3. The van der Waals surface area contributed by atoms with Gasteiger partial charge in [-0.2, -0.15) is 0 Å². The zero-order valence-corrected chi connectivity index (χ0v) is 13.5. The van der Waals surface area contributed by atoms with E-state index in [0.717, 1.165) is 50.4 Å². The van der Waals surface area contributed by atoms with Gasteiger partial charge in [0.25, 0.3) is 5.69 Å². The first-order valence-electron chi connectivity index (χ1n) is 8.25. The Labute approximate surface area is 140 Å². The van der Waals surface area contributed by atoms with Gasteiger partial charge in [0.05, 0.1) is 4.92 Å². The first-order chi connectivity index (χ1) is 11.6. The molecule has 0 saturated carbocycles. The number of non-ortho nitro benzene ring substituents is 1. The van der Waals surface area contributed by atoms with Gasteiger partial charge in [0.1, 0.15) is 45.1 Å². The van der Waals surface area contributed by atoms with Crippen LogP contribution in [0.4, 0.5) is 10.1 Å². The summed E-state index contributed by atoms with van der Waals surface area (Å²) in [6.07, 6.45) is 0. The molecule has 1 aliphatic heterocycles. The van der Waals surface area contributed by atoms with Gasteiger partial charge in [-0.3, -0.25) is 10.1 Å². The molecule has 3 rings (SSSR count). The number of nitrogens with one attached hydrogen (secondary N) is 2. The van der Waals surface area contributed by atoms with Gasteiger partial charge < -0.3 is 9.80 Å². The predicted molar refractivity (Wildman–Crippen MR) is 88.3 cm³/mol. The fraction of sp³-hybridized carbons (Fsp3) is 0.333. The van der Waals surface area contributed by atoms with Gasteiger partial charge in [-0.05, 0) is 12.1 Å². The van der Waals surface area contributed by atoms with Gasteiger partial charge in [0.15, 0.2) is 0 Å². The maximum Gasteiger partial charge on any atom is 0.269 e. The number of benzene rings is 2. The van der Waals surface area contributed by atoms with Crippen molar-refractivity contribution in [3.8, 4) is 0 Å². The van der Waals surface area contributed by atoms with Gasteiger partial charge >= 0.3 is 0 Å². The monoisotopic (exact) mass is 331 g/mol. The highest BCUT2D eigenvalue weighted by molar-refractivity contribution is 5.33. The van der Waals surface area contributed by atoms with Crippen molar-refractivity contribution in [3.63, 3.8) is 0 Å². The van der Waals surface area contributed by atoms with Crippen molar-refractivity contribution in [3.05, 3.63) is 75.6 Å². The molecule has 0 radical (unpaired) electrons. The quantitative estimate of drug-likeness (QED) is 0.608. The standard InChI is InChI=1S/C18H20FN3O2/c19-17-5-1-3-15(11-17)13-20-7-9-21(10-8-20)14-16-4-2-6-18(12-16)22(23)24/h1-6,11-12H,7-10,13-14H2/p+2. The molecule has 2 aromatic carbocycles. The molecule has 0 amide bonds. The van der Waals surface area contributed by atoms with Crippen LogP contribution in [0.5, 0.6) is 0 Å². The van der Waals surface area contributed by atoms with E-state index in [1.807, 2.05) is 12.1 Å². The lowest BCUT2D eigenvalue weighted by molar-refractivity contribution is -1.02. The number of rotatable bonds is 5. The smallest absolute Gasteiger partial charge is 0.269 e. The summed E-state index contributed by atoms with van der Waals surface area (Å²) in [4.78, 5) is 13.4. The molecule has 6 heteroatoms. The van der Waals surface area contributed by atoms with Crippen molar-refractivity contribution in [1.29, 1.82) is 0 Å². The lowest BCUT2D eigenvalue weighted by Gasteiger charge is -2.29. The Morgan fingerprint density at radius 1 is 0.917 bits per heavy atom. The average Bonchev–Trinajstić information content (AvgIpc) is 2.57. The van der Waals surface area contributed by atoms with E-state index in [1.165, 1.54) is 21.9 Å². The lowest BCUT2D eigenvalue weighted by Crippen LogP contribution is -3.27. The van der Waals surface area contributed by atoms with E-state index < -0.39 is 0 Å². The highest BCUT2D eigenvalue weighted by Gasteiger charge is 2.23. The molecule has 0 bridgehead atoms. The first-order valence-corrected chi connectivity index (χ1v) is 8.25. The summed E-state index contributed by atoms with van der Waals surface area (Å²) >= 11 is 0. The van der Waals surface area contributed by atoms with Crippen molar-refractivity contribution >= 4 is 5.69 Å². The normalized spacial score (nSPS) is 20.7. The van der Waals surface area contributed by atoms with Crippen LogP contribution in [0.15, 0.2) is 48.5 Å². The molecule has 5 nitrogen and oxygen atoms in total. The zero-order chi connectivity index (χ0) is 16.9. The second-order valence-electron chi connectivity index (χ2n) is 6.41. The van der Waals surface area contributed by atoms with E-state index in [2.05, 4.69) is 0 Å². The van der Waals surface area contributed by atoms with Gasteiger partial charge in [0.2, 0.25) is 0 Å². The summed E-state index contributed by atoms with van der Waals surface area (Å²) in [5.74, 6) is -0.179. The minimum atomic E-state index is -0.347. The van der Waals surface area contributed by atoms with E-state index in [1.54, 1.807) is 24.3 Å². The zero-order valence-electron chi connectivity index (χ0n) is 13.5. The second-order valence-corrected chi connectivity index (χ2v) is 6.41. The molecule has 1 saturated heterocycles. The van der Waals surface area contributed by atoms with E-state index in [0.29, 0.717) is 0 Å². The molecule has 24 heavy (non-hydrogen) atoms. The Morgan fingerprint density at radius 2 is 1.46 bits per heavy atom. The molecule has 0 aromatic heterocycles. The Bertz CT molecular complexity index is 715. The average molecular weight is 331 g/mol. The number of piperazine rings is 1. The maximum absolute atomic E-state index is 13.3. The third-order valence-electron chi connectivity index (χ3n) is 4.58. The molecule has 126 valence electrons. The Morgan fingerprint density at radius 3 is 2.00 bits per heavy atom. The van der Waals surface area contributed by atoms with Crippen molar-refractivity contribution in [2.75, 3.05) is 26.2 Å². The largest absolute Gasteiger partial charge is 0.322 e. The van der Waals surface area contributed by atoms with E-state index in [9.17, 15) is 14.5 Å². The predicted octanol–water partition coefficient (Wildman–Crippen LogP) is 0.218. The fourth-order valence-electron chi connectivity index (χ4n) is 3.31. The fourth-order valence-corrected chi connectivity index (χ4v) is 3.31. The summed E-state index contributed by atoms with van der Waals surface area (Å²) in [5, 5.41) is 10.9. The molecular formula is C18H22FN3O2+2. The van der Waals surface area contributed by atoms with Crippen LogP contribution in [-0.4, -0.2) is 31.1 Å². The van der Waals surface area contributed by atoms with Crippen molar-refractivity contribution in [1.82, 2.24) is 0 Å². The molecule has 0 aliphatic carbocycles. The van der Waals surface area contributed by atoms with Crippen LogP contribution in [0.2, 0.25) is 0 Å². The Balaban J connectivity index is 1.52. The van der Waals surface area contributed by atoms with Crippen LogP contribution < -0.4 is 9.80 Å². The van der Waals surface area contributed by atoms with Gasteiger partial charge in [-0.25, -0.2) is 4.39 Å². The number of hydrogen-bond donors (Lipinski definition) is 2. The van der Waals surface area contributed by atoms with Crippen LogP contribution in [0.25, 0.3) is 0 Å². The summed E-state index contributed by atoms with van der Waals surface area (Å²) in [6, 6.07) is 13.7. The minimum absolute atomic E-state index is 0.155. The van der Waals surface area contributed by atoms with Crippen molar-refractivity contribution in [2.24, 2.45) is 0 Å². The molecule has 2 aromatic rings. The highest BCUT2D eigenvalue weighted by Crippen LogP contribution is 2.12.